The van der Waals surface area contributed by atoms with Crippen LogP contribution in [0.15, 0.2) is 54.6 Å². The zero-order valence-corrected chi connectivity index (χ0v) is 13.1. The van der Waals surface area contributed by atoms with Crippen molar-refractivity contribution in [3.63, 3.8) is 0 Å². The highest BCUT2D eigenvalue weighted by atomic mass is 16.3. The number of rotatable bonds is 3. The van der Waals surface area contributed by atoms with E-state index in [9.17, 15) is 5.11 Å². The molecule has 3 nitrogen and oxygen atoms in total. The van der Waals surface area contributed by atoms with E-state index in [2.05, 4.69) is 31.9 Å². The van der Waals surface area contributed by atoms with E-state index in [1.807, 2.05) is 53.2 Å². The molecular weight excluding hydrogens is 272 g/mol. The molecule has 2 aromatic carbocycles. The van der Waals surface area contributed by atoms with E-state index in [-0.39, 0.29) is 11.8 Å². The van der Waals surface area contributed by atoms with E-state index < -0.39 is 0 Å². The molecule has 0 saturated carbocycles. The standard InChI is InChI=1S/C19H20N2O/c1-13(2)21-18(16-12-8-7-9-14(16)3)19(22)17(20-21)15-10-5-4-6-11-15/h4-13,22H,1-3H3. The molecule has 0 amide bonds. The minimum absolute atomic E-state index is 0.165. The molecule has 0 fully saturated rings. The van der Waals surface area contributed by atoms with Crippen molar-refractivity contribution in [2.24, 2.45) is 0 Å². The molecule has 0 unspecified atom stereocenters. The van der Waals surface area contributed by atoms with Gasteiger partial charge in [0.05, 0.1) is 0 Å². The summed E-state index contributed by atoms with van der Waals surface area (Å²) < 4.78 is 1.90. The van der Waals surface area contributed by atoms with E-state index in [0.717, 1.165) is 22.4 Å². The predicted molar refractivity (Wildman–Crippen MR) is 89.9 cm³/mol. The molecule has 0 radical (unpaired) electrons. The van der Waals surface area contributed by atoms with Crippen LogP contribution in [0, 0.1) is 6.92 Å². The van der Waals surface area contributed by atoms with E-state index in [1.165, 1.54) is 0 Å². The van der Waals surface area contributed by atoms with Crippen LogP contribution >= 0.6 is 0 Å². The van der Waals surface area contributed by atoms with Gasteiger partial charge in [0.25, 0.3) is 0 Å². The van der Waals surface area contributed by atoms with Crippen LogP contribution in [-0.2, 0) is 0 Å². The Kier molecular flexibility index (Phi) is 3.72. The first-order valence-corrected chi connectivity index (χ1v) is 7.52. The van der Waals surface area contributed by atoms with Crippen molar-refractivity contribution in [2.75, 3.05) is 0 Å². The number of aryl methyl sites for hydroxylation is 1. The molecule has 0 aliphatic rings. The molecule has 3 rings (SSSR count). The maximum Gasteiger partial charge on any atom is 0.169 e. The molecule has 0 aliphatic carbocycles. The second-order valence-corrected chi connectivity index (χ2v) is 5.77. The SMILES string of the molecule is Cc1ccccc1-c1c(O)c(-c2ccccc2)nn1C(C)C. The largest absolute Gasteiger partial charge is 0.504 e. The van der Waals surface area contributed by atoms with Crippen molar-refractivity contribution in [3.8, 4) is 28.3 Å². The van der Waals surface area contributed by atoms with Gasteiger partial charge in [-0.05, 0) is 26.3 Å². The average Bonchev–Trinajstić information content (AvgIpc) is 2.86. The Morgan fingerprint density at radius 3 is 2.23 bits per heavy atom. The van der Waals surface area contributed by atoms with Crippen LogP contribution in [0.2, 0.25) is 0 Å². The predicted octanol–water partition coefficient (Wildman–Crippen LogP) is 4.81. The topological polar surface area (TPSA) is 38.1 Å². The smallest absolute Gasteiger partial charge is 0.169 e. The van der Waals surface area contributed by atoms with Gasteiger partial charge >= 0.3 is 0 Å². The molecule has 0 spiro atoms. The molecule has 3 aromatic rings. The molecule has 1 N–H and O–H groups in total. The van der Waals surface area contributed by atoms with Crippen molar-refractivity contribution in [1.29, 1.82) is 0 Å². The second-order valence-electron chi connectivity index (χ2n) is 5.77. The number of aromatic nitrogens is 2. The van der Waals surface area contributed by atoms with Gasteiger partial charge in [-0.25, -0.2) is 0 Å². The Morgan fingerprint density at radius 1 is 0.955 bits per heavy atom. The Labute approximate surface area is 130 Å². The van der Waals surface area contributed by atoms with Gasteiger partial charge in [0.1, 0.15) is 11.4 Å². The third-order valence-corrected chi connectivity index (χ3v) is 3.82. The van der Waals surface area contributed by atoms with Gasteiger partial charge < -0.3 is 5.11 Å². The summed E-state index contributed by atoms with van der Waals surface area (Å²) >= 11 is 0. The number of hydrogen-bond acceptors (Lipinski definition) is 2. The lowest BCUT2D eigenvalue weighted by molar-refractivity contribution is 0.474. The van der Waals surface area contributed by atoms with Crippen LogP contribution in [0.1, 0.15) is 25.5 Å². The van der Waals surface area contributed by atoms with Crippen LogP contribution in [0.4, 0.5) is 0 Å². The molecule has 0 aliphatic heterocycles. The fraction of sp³-hybridized carbons (Fsp3) is 0.211. The van der Waals surface area contributed by atoms with Crippen LogP contribution in [0.3, 0.4) is 0 Å². The Hall–Kier alpha value is -2.55. The monoisotopic (exact) mass is 292 g/mol. The highest BCUT2D eigenvalue weighted by Crippen LogP contribution is 2.40. The van der Waals surface area contributed by atoms with Crippen LogP contribution in [-0.4, -0.2) is 14.9 Å². The Bertz CT molecular complexity index is 788. The average molecular weight is 292 g/mol. The zero-order chi connectivity index (χ0) is 15.7. The number of hydrogen-bond donors (Lipinski definition) is 1. The lowest BCUT2D eigenvalue weighted by atomic mass is 10.0. The minimum atomic E-state index is 0.165. The summed E-state index contributed by atoms with van der Waals surface area (Å²) in [6.07, 6.45) is 0. The molecule has 1 aromatic heterocycles. The van der Waals surface area contributed by atoms with Gasteiger partial charge in [-0.15, -0.1) is 0 Å². The first-order valence-electron chi connectivity index (χ1n) is 7.52. The zero-order valence-electron chi connectivity index (χ0n) is 13.1. The fourth-order valence-corrected chi connectivity index (χ4v) is 2.68. The summed E-state index contributed by atoms with van der Waals surface area (Å²) in [7, 11) is 0. The highest BCUT2D eigenvalue weighted by Gasteiger charge is 2.22. The third-order valence-electron chi connectivity index (χ3n) is 3.82. The number of nitrogens with zero attached hydrogens (tertiary/aromatic N) is 2. The van der Waals surface area contributed by atoms with Gasteiger partial charge in [-0.3, -0.25) is 4.68 Å². The number of aromatic hydroxyl groups is 1. The minimum Gasteiger partial charge on any atom is -0.504 e. The lowest BCUT2D eigenvalue weighted by Crippen LogP contribution is -2.05. The number of benzene rings is 2. The van der Waals surface area contributed by atoms with Crippen LogP contribution in [0.25, 0.3) is 22.5 Å². The molecule has 22 heavy (non-hydrogen) atoms. The van der Waals surface area contributed by atoms with Crippen LogP contribution in [0.5, 0.6) is 5.75 Å². The van der Waals surface area contributed by atoms with Crippen molar-refractivity contribution < 1.29 is 5.11 Å². The van der Waals surface area contributed by atoms with E-state index >= 15 is 0 Å². The second kappa shape index (κ2) is 5.68. The van der Waals surface area contributed by atoms with Gasteiger partial charge in [0.15, 0.2) is 5.75 Å². The van der Waals surface area contributed by atoms with Crippen molar-refractivity contribution in [2.45, 2.75) is 26.8 Å². The van der Waals surface area contributed by atoms with Crippen LogP contribution < -0.4 is 0 Å². The van der Waals surface area contributed by atoms with E-state index in [0.29, 0.717) is 5.69 Å². The highest BCUT2D eigenvalue weighted by molar-refractivity contribution is 5.79. The first-order chi connectivity index (χ1) is 10.6. The van der Waals surface area contributed by atoms with Crippen molar-refractivity contribution in [3.05, 3.63) is 60.2 Å². The summed E-state index contributed by atoms with van der Waals surface area (Å²) in [5, 5.41) is 15.5. The molecular formula is C19H20N2O. The van der Waals surface area contributed by atoms with Gasteiger partial charge in [0.2, 0.25) is 0 Å². The summed E-state index contributed by atoms with van der Waals surface area (Å²) in [6.45, 7) is 6.20. The first kappa shape index (κ1) is 14.4. The maximum atomic E-state index is 10.8. The van der Waals surface area contributed by atoms with Crippen molar-refractivity contribution in [1.82, 2.24) is 9.78 Å². The molecule has 0 bridgehead atoms. The third kappa shape index (κ3) is 2.39. The molecule has 1 heterocycles. The molecule has 0 atom stereocenters. The van der Waals surface area contributed by atoms with E-state index in [1.54, 1.807) is 0 Å². The normalized spacial score (nSPS) is 11.1. The van der Waals surface area contributed by atoms with E-state index in [4.69, 9.17) is 0 Å². The van der Waals surface area contributed by atoms with Gasteiger partial charge in [-0.2, -0.15) is 5.10 Å². The van der Waals surface area contributed by atoms with Gasteiger partial charge in [0, 0.05) is 17.2 Å². The molecule has 0 saturated heterocycles. The lowest BCUT2D eigenvalue weighted by Gasteiger charge is -2.12. The summed E-state index contributed by atoms with van der Waals surface area (Å²) in [6, 6.07) is 18.0. The summed E-state index contributed by atoms with van der Waals surface area (Å²) in [5.41, 5.74) is 4.48. The maximum absolute atomic E-state index is 10.8. The Balaban J connectivity index is 2.26. The summed E-state index contributed by atoms with van der Waals surface area (Å²) in [4.78, 5) is 0. The fourth-order valence-electron chi connectivity index (χ4n) is 2.68. The van der Waals surface area contributed by atoms with Gasteiger partial charge in [-0.1, -0.05) is 54.6 Å². The van der Waals surface area contributed by atoms with Crippen molar-refractivity contribution >= 4 is 0 Å². The summed E-state index contributed by atoms with van der Waals surface area (Å²) in [5.74, 6) is 0.245. The molecule has 112 valence electrons. The molecule has 3 heteroatoms. The Morgan fingerprint density at radius 2 is 1.59 bits per heavy atom. The quantitative estimate of drug-likeness (QED) is 0.752.